The number of amides is 2. The van der Waals surface area contributed by atoms with Crippen LogP contribution in [0.1, 0.15) is 52.1 Å². The molecule has 2 amide bonds. The molecule has 0 radical (unpaired) electrons. The molecule has 0 atom stereocenters. The van der Waals surface area contributed by atoms with Gasteiger partial charge in [0.25, 0.3) is 0 Å². The molecule has 170 valence electrons. The van der Waals surface area contributed by atoms with Gasteiger partial charge in [-0.3, -0.25) is 4.57 Å². The van der Waals surface area contributed by atoms with Gasteiger partial charge in [0, 0.05) is 18.2 Å². The van der Waals surface area contributed by atoms with Crippen molar-refractivity contribution in [2.24, 2.45) is 16.4 Å². The summed E-state index contributed by atoms with van der Waals surface area (Å²) in [6.07, 6.45) is 3.37. The molecule has 31 heavy (non-hydrogen) atoms. The lowest BCUT2D eigenvalue weighted by Gasteiger charge is -2.57. The predicted octanol–water partition coefficient (Wildman–Crippen LogP) is 3.25. The van der Waals surface area contributed by atoms with Crippen LogP contribution in [-0.2, 0) is 14.2 Å². The average Bonchev–Trinajstić information content (AvgIpc) is 3.11. The van der Waals surface area contributed by atoms with Crippen molar-refractivity contribution in [3.63, 3.8) is 0 Å². The molecule has 1 spiro atoms. The zero-order valence-electron chi connectivity index (χ0n) is 18.6. The van der Waals surface area contributed by atoms with E-state index in [1.165, 1.54) is 18.8 Å². The monoisotopic (exact) mass is 434 g/mol. The number of rotatable bonds is 4. The van der Waals surface area contributed by atoms with Crippen molar-refractivity contribution in [1.29, 1.82) is 0 Å². The Morgan fingerprint density at radius 2 is 1.77 bits per heavy atom. The summed E-state index contributed by atoms with van der Waals surface area (Å²) in [4.78, 5) is 35.6. The van der Waals surface area contributed by atoms with Gasteiger partial charge in [0.2, 0.25) is 0 Å². The van der Waals surface area contributed by atoms with Gasteiger partial charge >= 0.3 is 18.3 Å². The third kappa shape index (κ3) is 5.18. The minimum absolute atomic E-state index is 0.0536. The van der Waals surface area contributed by atoms with Crippen LogP contribution in [0.15, 0.2) is 23.4 Å². The summed E-state index contributed by atoms with van der Waals surface area (Å²) in [5.74, 6) is 0.0536. The summed E-state index contributed by atoms with van der Waals surface area (Å²) in [5.41, 5.74) is 3.11. The van der Waals surface area contributed by atoms with E-state index in [2.05, 4.69) is 20.6 Å². The smallest absolute Gasteiger partial charge is 0.427 e. The van der Waals surface area contributed by atoms with Gasteiger partial charge in [-0.2, -0.15) is 5.10 Å². The van der Waals surface area contributed by atoms with E-state index in [9.17, 15) is 14.4 Å². The van der Waals surface area contributed by atoms with E-state index < -0.39 is 23.9 Å². The fourth-order valence-corrected chi connectivity index (χ4v) is 4.43. The Labute approximate surface area is 181 Å². The zero-order chi connectivity index (χ0) is 22.8. The molecule has 1 aromatic rings. The van der Waals surface area contributed by atoms with E-state index in [0.717, 1.165) is 25.7 Å². The zero-order valence-corrected chi connectivity index (χ0v) is 18.6. The number of methoxy groups -OCH3 is 2. The van der Waals surface area contributed by atoms with E-state index in [-0.39, 0.29) is 17.4 Å². The first-order valence-electron chi connectivity index (χ1n) is 10.2. The second-order valence-corrected chi connectivity index (χ2v) is 9.19. The fourth-order valence-electron chi connectivity index (χ4n) is 4.43. The molecular formula is C21H30N4O6. The van der Waals surface area contributed by atoms with Crippen molar-refractivity contribution in [2.75, 3.05) is 14.2 Å². The van der Waals surface area contributed by atoms with E-state index in [4.69, 9.17) is 9.47 Å². The molecule has 0 unspecified atom stereocenters. The second kappa shape index (κ2) is 8.60. The molecule has 2 N–H and O–H groups in total. The first-order valence-corrected chi connectivity index (χ1v) is 10.2. The molecule has 10 nitrogen and oxygen atoms in total. The van der Waals surface area contributed by atoms with E-state index >= 15 is 0 Å². The summed E-state index contributed by atoms with van der Waals surface area (Å²) in [7, 11) is 2.56. The second-order valence-electron chi connectivity index (χ2n) is 9.19. The molecule has 0 saturated heterocycles. The Hall–Kier alpha value is -3.04. The third-order valence-electron chi connectivity index (χ3n) is 5.66. The van der Waals surface area contributed by atoms with Crippen molar-refractivity contribution < 1.29 is 28.6 Å². The van der Waals surface area contributed by atoms with Gasteiger partial charge in [0.05, 0.1) is 25.6 Å². The molecular weight excluding hydrogens is 404 g/mol. The summed E-state index contributed by atoms with van der Waals surface area (Å²) in [6, 6.07) is 3.56. The van der Waals surface area contributed by atoms with Crippen molar-refractivity contribution in [3.8, 4) is 0 Å². The molecule has 0 aromatic carbocycles. The van der Waals surface area contributed by atoms with Crippen LogP contribution >= 0.6 is 0 Å². The molecule has 0 aliphatic heterocycles. The van der Waals surface area contributed by atoms with Gasteiger partial charge < -0.3 is 19.5 Å². The lowest BCUT2D eigenvalue weighted by molar-refractivity contribution is -0.0294. The minimum Gasteiger partial charge on any atom is -0.452 e. The molecule has 2 aliphatic carbocycles. The number of nitrogens with zero attached hydrogens (tertiary/aromatic N) is 2. The van der Waals surface area contributed by atoms with Gasteiger partial charge in [-0.05, 0) is 64.0 Å². The Morgan fingerprint density at radius 3 is 2.35 bits per heavy atom. The highest BCUT2D eigenvalue weighted by molar-refractivity contribution is 6.04. The average molecular weight is 434 g/mol. The summed E-state index contributed by atoms with van der Waals surface area (Å²) >= 11 is 0. The standard InChI is InChI=1S/C21H30N4O6/c1-20(2,3)31-17(26)22-14-11-21(12-14)9-13(10-21)16(23-24-18(27)29-4)15-7-6-8-25(15)19(28)30-5/h6-8,13-14H,9-12H2,1-5H3,(H,22,26)(H,24,27)/b23-16-. The first kappa shape index (κ1) is 22.6. The molecule has 3 rings (SSSR count). The maximum atomic E-state index is 12.1. The number of hydrogen-bond donors (Lipinski definition) is 2. The molecule has 2 aliphatic rings. The number of alkyl carbamates (subject to hydrolysis) is 1. The lowest BCUT2D eigenvalue weighted by Crippen LogP contribution is -2.58. The minimum atomic E-state index is -0.687. The van der Waals surface area contributed by atoms with Crippen LogP contribution in [0.5, 0.6) is 0 Å². The summed E-state index contributed by atoms with van der Waals surface area (Å²) < 4.78 is 16.1. The van der Waals surface area contributed by atoms with Gasteiger partial charge in [-0.15, -0.1) is 0 Å². The van der Waals surface area contributed by atoms with Gasteiger partial charge in [0.15, 0.2) is 0 Å². The van der Waals surface area contributed by atoms with E-state index in [0.29, 0.717) is 11.4 Å². The number of hydrazone groups is 1. The van der Waals surface area contributed by atoms with Crippen LogP contribution in [-0.4, -0.2) is 54.4 Å². The topological polar surface area (TPSA) is 120 Å². The van der Waals surface area contributed by atoms with Gasteiger partial charge in [-0.25, -0.2) is 19.8 Å². The van der Waals surface area contributed by atoms with Gasteiger partial charge in [0.1, 0.15) is 5.60 Å². The van der Waals surface area contributed by atoms with Crippen LogP contribution in [0.3, 0.4) is 0 Å². The Morgan fingerprint density at radius 1 is 1.10 bits per heavy atom. The molecule has 1 heterocycles. The van der Waals surface area contributed by atoms with Crippen LogP contribution in [0.2, 0.25) is 0 Å². The molecule has 2 fully saturated rings. The fraction of sp³-hybridized carbons (Fsp3) is 0.619. The van der Waals surface area contributed by atoms with Crippen molar-refractivity contribution >= 4 is 24.0 Å². The van der Waals surface area contributed by atoms with E-state index in [1.807, 2.05) is 20.8 Å². The largest absolute Gasteiger partial charge is 0.452 e. The summed E-state index contributed by atoms with van der Waals surface area (Å²) in [6.45, 7) is 5.50. The highest BCUT2D eigenvalue weighted by Gasteiger charge is 2.55. The third-order valence-corrected chi connectivity index (χ3v) is 5.66. The maximum absolute atomic E-state index is 12.1. The van der Waals surface area contributed by atoms with Crippen LogP contribution in [0, 0.1) is 11.3 Å². The Kier molecular flexibility index (Phi) is 6.28. The lowest BCUT2D eigenvalue weighted by atomic mass is 9.49. The van der Waals surface area contributed by atoms with Crippen molar-refractivity contribution in [3.05, 3.63) is 24.0 Å². The number of hydrogen-bond acceptors (Lipinski definition) is 7. The molecule has 10 heteroatoms. The number of carbonyl (C=O) groups excluding carboxylic acids is 3. The van der Waals surface area contributed by atoms with Crippen LogP contribution < -0.4 is 10.7 Å². The molecule has 1 aromatic heterocycles. The summed E-state index contributed by atoms with van der Waals surface area (Å²) in [5, 5.41) is 7.16. The number of carbonyl (C=O) groups is 3. The quantitative estimate of drug-likeness (QED) is 0.426. The number of aromatic nitrogens is 1. The first-order chi connectivity index (χ1) is 14.6. The molecule has 0 bridgehead atoms. The predicted molar refractivity (Wildman–Crippen MR) is 112 cm³/mol. The van der Waals surface area contributed by atoms with Crippen LogP contribution in [0.4, 0.5) is 14.4 Å². The normalized spacial score (nSPS) is 25.1. The van der Waals surface area contributed by atoms with Crippen LogP contribution in [0.25, 0.3) is 0 Å². The maximum Gasteiger partial charge on any atom is 0.427 e. The highest BCUT2D eigenvalue weighted by Crippen LogP contribution is 2.59. The van der Waals surface area contributed by atoms with Gasteiger partial charge in [-0.1, -0.05) is 0 Å². The van der Waals surface area contributed by atoms with E-state index in [1.54, 1.807) is 18.3 Å². The SMILES string of the molecule is COC(=O)N/N=C(\c1cccn1C(=O)OC)C1CC2(CC(NC(=O)OC(C)(C)C)C2)C1. The highest BCUT2D eigenvalue weighted by atomic mass is 16.6. The van der Waals surface area contributed by atoms with Crippen molar-refractivity contribution in [1.82, 2.24) is 15.3 Å². The molecule has 2 saturated carbocycles. The Balaban J connectivity index is 1.64. The number of ether oxygens (including phenoxy) is 3. The Bertz CT molecular complexity index is 871. The number of nitrogens with one attached hydrogen (secondary N) is 2. The van der Waals surface area contributed by atoms with Crippen molar-refractivity contribution in [2.45, 2.75) is 58.1 Å².